The average molecular weight is 233 g/mol. The second kappa shape index (κ2) is 6.65. The van der Waals surface area contributed by atoms with Gasteiger partial charge in [-0.05, 0) is 43.0 Å². The molecular formula is C15H23NO. The van der Waals surface area contributed by atoms with Crippen molar-refractivity contribution in [3.63, 3.8) is 0 Å². The molecule has 0 spiro atoms. The summed E-state index contributed by atoms with van der Waals surface area (Å²) in [7, 11) is 0. The Bertz CT molecular complexity index is 333. The van der Waals surface area contributed by atoms with E-state index in [0.29, 0.717) is 0 Å². The van der Waals surface area contributed by atoms with E-state index >= 15 is 0 Å². The lowest BCUT2D eigenvalue weighted by Crippen LogP contribution is -2.15. The maximum atomic E-state index is 5.62. The molecule has 1 aromatic carbocycles. The number of hydrogen-bond acceptors (Lipinski definition) is 2. The van der Waals surface area contributed by atoms with Crippen molar-refractivity contribution in [1.82, 2.24) is 5.32 Å². The standard InChI is InChI=1S/C15H23NO/c1-2-10-17-15-5-3-4-14(11-15)12-16-9-8-13-6-7-13/h3-5,11,13,16H,2,6-10,12H2,1H3. The van der Waals surface area contributed by atoms with Crippen molar-refractivity contribution in [2.75, 3.05) is 13.2 Å². The highest BCUT2D eigenvalue weighted by Crippen LogP contribution is 2.31. The number of rotatable bonds is 8. The lowest BCUT2D eigenvalue weighted by molar-refractivity contribution is 0.317. The first-order chi connectivity index (χ1) is 8.38. The lowest BCUT2D eigenvalue weighted by Gasteiger charge is -2.08. The normalized spacial score (nSPS) is 14.9. The highest BCUT2D eigenvalue weighted by molar-refractivity contribution is 5.28. The van der Waals surface area contributed by atoms with E-state index in [9.17, 15) is 0 Å². The van der Waals surface area contributed by atoms with E-state index in [-0.39, 0.29) is 0 Å². The van der Waals surface area contributed by atoms with Gasteiger partial charge in [0.2, 0.25) is 0 Å². The molecule has 1 aromatic rings. The Morgan fingerprint density at radius 3 is 3.00 bits per heavy atom. The first-order valence-corrected chi connectivity index (χ1v) is 6.81. The number of ether oxygens (including phenoxy) is 1. The summed E-state index contributed by atoms with van der Waals surface area (Å²) in [5, 5.41) is 3.50. The van der Waals surface area contributed by atoms with Crippen molar-refractivity contribution >= 4 is 0 Å². The van der Waals surface area contributed by atoms with E-state index < -0.39 is 0 Å². The minimum Gasteiger partial charge on any atom is -0.494 e. The molecule has 0 aliphatic heterocycles. The Hall–Kier alpha value is -1.02. The van der Waals surface area contributed by atoms with E-state index in [0.717, 1.165) is 37.8 Å². The predicted octanol–water partition coefficient (Wildman–Crippen LogP) is 3.37. The zero-order valence-corrected chi connectivity index (χ0v) is 10.7. The van der Waals surface area contributed by atoms with E-state index in [1.807, 2.05) is 6.07 Å². The SMILES string of the molecule is CCCOc1cccc(CNCCC2CC2)c1. The van der Waals surface area contributed by atoms with Crippen LogP contribution in [0.5, 0.6) is 5.75 Å². The summed E-state index contributed by atoms with van der Waals surface area (Å²) in [5.41, 5.74) is 1.31. The van der Waals surface area contributed by atoms with Crippen molar-refractivity contribution in [2.45, 2.75) is 39.2 Å². The molecule has 1 fully saturated rings. The monoisotopic (exact) mass is 233 g/mol. The fourth-order valence-corrected chi connectivity index (χ4v) is 1.91. The van der Waals surface area contributed by atoms with Gasteiger partial charge in [0.05, 0.1) is 6.61 Å². The van der Waals surface area contributed by atoms with Gasteiger partial charge >= 0.3 is 0 Å². The van der Waals surface area contributed by atoms with Gasteiger partial charge in [-0.3, -0.25) is 0 Å². The first-order valence-electron chi connectivity index (χ1n) is 6.81. The van der Waals surface area contributed by atoms with Gasteiger partial charge in [0.25, 0.3) is 0 Å². The molecule has 0 heterocycles. The van der Waals surface area contributed by atoms with Crippen molar-refractivity contribution in [3.8, 4) is 5.75 Å². The van der Waals surface area contributed by atoms with Crippen LogP contribution in [-0.4, -0.2) is 13.2 Å². The molecular weight excluding hydrogens is 210 g/mol. The van der Waals surface area contributed by atoms with Gasteiger partial charge in [0, 0.05) is 6.54 Å². The summed E-state index contributed by atoms with van der Waals surface area (Å²) in [6.45, 7) is 5.03. The first kappa shape index (κ1) is 12.4. The van der Waals surface area contributed by atoms with Crippen LogP contribution in [0.1, 0.15) is 38.2 Å². The Kier molecular flexibility index (Phi) is 4.87. The minimum atomic E-state index is 0.804. The lowest BCUT2D eigenvalue weighted by atomic mass is 10.2. The van der Waals surface area contributed by atoms with Gasteiger partial charge in [-0.1, -0.05) is 31.9 Å². The largest absolute Gasteiger partial charge is 0.494 e. The van der Waals surface area contributed by atoms with Gasteiger partial charge in [0.1, 0.15) is 5.75 Å². The van der Waals surface area contributed by atoms with Crippen LogP contribution < -0.4 is 10.1 Å². The van der Waals surface area contributed by atoms with E-state index in [1.54, 1.807) is 0 Å². The second-order valence-electron chi connectivity index (χ2n) is 4.90. The van der Waals surface area contributed by atoms with Gasteiger partial charge in [-0.2, -0.15) is 0 Å². The summed E-state index contributed by atoms with van der Waals surface area (Å²) in [5.74, 6) is 2.01. The molecule has 2 rings (SSSR count). The molecule has 0 radical (unpaired) electrons. The molecule has 2 heteroatoms. The topological polar surface area (TPSA) is 21.3 Å². The van der Waals surface area contributed by atoms with Crippen LogP contribution in [0.4, 0.5) is 0 Å². The van der Waals surface area contributed by atoms with Crippen LogP contribution in [0.2, 0.25) is 0 Å². The molecule has 0 amide bonds. The molecule has 0 aromatic heterocycles. The molecule has 0 bridgehead atoms. The molecule has 1 aliphatic rings. The quantitative estimate of drug-likeness (QED) is 0.695. The second-order valence-corrected chi connectivity index (χ2v) is 4.90. The summed E-state index contributed by atoms with van der Waals surface area (Å²) in [6, 6.07) is 8.40. The maximum absolute atomic E-state index is 5.62. The maximum Gasteiger partial charge on any atom is 0.119 e. The van der Waals surface area contributed by atoms with Gasteiger partial charge < -0.3 is 10.1 Å². The fraction of sp³-hybridized carbons (Fsp3) is 0.600. The van der Waals surface area contributed by atoms with E-state index in [1.165, 1.54) is 24.8 Å². The van der Waals surface area contributed by atoms with Crippen LogP contribution in [0, 0.1) is 5.92 Å². The Balaban J connectivity index is 1.70. The highest BCUT2D eigenvalue weighted by Gasteiger charge is 2.19. The van der Waals surface area contributed by atoms with Crippen LogP contribution in [0.25, 0.3) is 0 Å². The molecule has 1 saturated carbocycles. The number of nitrogens with one attached hydrogen (secondary N) is 1. The van der Waals surface area contributed by atoms with Gasteiger partial charge in [-0.15, -0.1) is 0 Å². The van der Waals surface area contributed by atoms with Crippen LogP contribution in [0.3, 0.4) is 0 Å². The van der Waals surface area contributed by atoms with Crippen molar-refractivity contribution in [2.24, 2.45) is 5.92 Å². The summed E-state index contributed by atoms with van der Waals surface area (Å²) < 4.78 is 5.62. The predicted molar refractivity (Wildman–Crippen MR) is 71.3 cm³/mol. The zero-order valence-electron chi connectivity index (χ0n) is 10.7. The number of hydrogen-bond donors (Lipinski definition) is 1. The Labute approximate surface area is 104 Å². The summed E-state index contributed by atoms with van der Waals surface area (Å²) >= 11 is 0. The number of benzene rings is 1. The Morgan fingerprint density at radius 1 is 1.35 bits per heavy atom. The molecule has 1 aliphatic carbocycles. The zero-order chi connectivity index (χ0) is 11.9. The van der Waals surface area contributed by atoms with Crippen molar-refractivity contribution in [3.05, 3.63) is 29.8 Å². The smallest absolute Gasteiger partial charge is 0.119 e. The fourth-order valence-electron chi connectivity index (χ4n) is 1.91. The van der Waals surface area contributed by atoms with Crippen molar-refractivity contribution < 1.29 is 4.74 Å². The minimum absolute atomic E-state index is 0.804. The van der Waals surface area contributed by atoms with Gasteiger partial charge in [0.15, 0.2) is 0 Å². The van der Waals surface area contributed by atoms with E-state index in [2.05, 4.69) is 30.4 Å². The van der Waals surface area contributed by atoms with Crippen molar-refractivity contribution in [1.29, 1.82) is 0 Å². The summed E-state index contributed by atoms with van der Waals surface area (Å²) in [4.78, 5) is 0. The molecule has 0 unspecified atom stereocenters. The summed E-state index contributed by atoms with van der Waals surface area (Å²) in [6.07, 6.45) is 5.29. The molecule has 17 heavy (non-hydrogen) atoms. The van der Waals surface area contributed by atoms with E-state index in [4.69, 9.17) is 4.74 Å². The molecule has 0 atom stereocenters. The third-order valence-electron chi connectivity index (χ3n) is 3.13. The van der Waals surface area contributed by atoms with Crippen LogP contribution in [0.15, 0.2) is 24.3 Å². The van der Waals surface area contributed by atoms with Crippen LogP contribution in [-0.2, 0) is 6.54 Å². The molecule has 2 nitrogen and oxygen atoms in total. The third kappa shape index (κ3) is 4.78. The highest BCUT2D eigenvalue weighted by atomic mass is 16.5. The average Bonchev–Trinajstić information content (AvgIpc) is 3.17. The molecule has 1 N–H and O–H groups in total. The van der Waals surface area contributed by atoms with Crippen LogP contribution >= 0.6 is 0 Å². The van der Waals surface area contributed by atoms with Gasteiger partial charge in [-0.25, -0.2) is 0 Å². The molecule has 0 saturated heterocycles. The molecule has 94 valence electrons. The third-order valence-corrected chi connectivity index (χ3v) is 3.13. The Morgan fingerprint density at radius 2 is 2.24 bits per heavy atom.